The summed E-state index contributed by atoms with van der Waals surface area (Å²) < 4.78 is 0. The zero-order valence-electron chi connectivity index (χ0n) is 38.3. The Morgan fingerprint density at radius 2 is 0.643 bits per heavy atom. The van der Waals surface area contributed by atoms with E-state index >= 15 is 0 Å². The van der Waals surface area contributed by atoms with Crippen LogP contribution >= 0.6 is 0 Å². The maximum Gasteiger partial charge on any atom is 0.0755 e. The Morgan fingerprint density at radius 1 is 0.271 bits per heavy atom. The molecular formula is C68H44N2. The van der Waals surface area contributed by atoms with E-state index in [1.807, 2.05) is 0 Å². The minimum Gasteiger partial charge on any atom is -0.310 e. The molecule has 0 saturated heterocycles. The van der Waals surface area contributed by atoms with E-state index in [0.29, 0.717) is 0 Å². The van der Waals surface area contributed by atoms with Gasteiger partial charge in [-0.3, -0.25) is 0 Å². The molecule has 0 N–H and O–H groups in total. The predicted octanol–water partition coefficient (Wildman–Crippen LogP) is 17.3. The van der Waals surface area contributed by atoms with Crippen LogP contribution in [0.25, 0.3) is 44.5 Å². The average molecular weight is 889 g/mol. The number of anilines is 6. The minimum absolute atomic E-state index is 0.484. The van der Waals surface area contributed by atoms with Crippen LogP contribution < -0.4 is 9.80 Å². The van der Waals surface area contributed by atoms with E-state index in [1.165, 1.54) is 100 Å². The number of fused-ring (bicyclic) bond motifs is 19. The molecule has 2 nitrogen and oxygen atoms in total. The third kappa shape index (κ3) is 5.02. The monoisotopic (exact) mass is 888 g/mol. The van der Waals surface area contributed by atoms with Crippen LogP contribution in [0.1, 0.15) is 44.5 Å². The Hall–Kier alpha value is -8.98. The molecule has 2 heteroatoms. The molecule has 0 bridgehead atoms. The van der Waals surface area contributed by atoms with Crippen molar-refractivity contribution in [2.75, 3.05) is 9.80 Å². The molecule has 70 heavy (non-hydrogen) atoms. The highest BCUT2D eigenvalue weighted by molar-refractivity contribution is 6.05. The van der Waals surface area contributed by atoms with E-state index in [0.717, 1.165) is 22.7 Å². The zero-order chi connectivity index (χ0) is 46.0. The first-order valence-corrected chi connectivity index (χ1v) is 24.4. The van der Waals surface area contributed by atoms with Gasteiger partial charge in [0.15, 0.2) is 0 Å². The third-order valence-corrected chi connectivity index (χ3v) is 15.9. The summed E-state index contributed by atoms with van der Waals surface area (Å²) in [5.41, 5.74) is 26.3. The molecule has 1 heterocycles. The molecule has 11 aromatic carbocycles. The summed E-state index contributed by atoms with van der Waals surface area (Å²) >= 11 is 0. The number of hydrogen-bond donors (Lipinski definition) is 0. The van der Waals surface area contributed by atoms with Gasteiger partial charge in [0, 0.05) is 22.5 Å². The van der Waals surface area contributed by atoms with Gasteiger partial charge in [-0.2, -0.15) is 0 Å². The summed E-state index contributed by atoms with van der Waals surface area (Å²) in [5.74, 6) is 0. The number of nitrogens with zero attached hydrogens (tertiary/aromatic N) is 2. The lowest BCUT2D eigenvalue weighted by Gasteiger charge is -2.45. The second kappa shape index (κ2) is 14.8. The fraction of sp³-hybridized carbons (Fsp3) is 0.0294. The second-order valence-corrected chi connectivity index (χ2v) is 19.0. The Morgan fingerprint density at radius 3 is 1.17 bits per heavy atom. The first kappa shape index (κ1) is 39.1. The normalized spacial score (nSPS) is 14.2. The summed E-state index contributed by atoms with van der Waals surface area (Å²) in [6.45, 7) is 0. The van der Waals surface area contributed by atoms with Gasteiger partial charge < -0.3 is 9.80 Å². The van der Waals surface area contributed by atoms with Crippen LogP contribution in [0.15, 0.2) is 267 Å². The van der Waals surface area contributed by atoms with Crippen molar-refractivity contribution in [3.8, 4) is 44.5 Å². The SMILES string of the molecule is c1ccc(-c2cccc(N(c3cccc4c3-c3ccccc3C43c4ccccc4-c4ccccc43)c3cccc4c3-c3ccccc3C43c4ccccc4N(c4ccccc4)c4ccccc43)c2)cc1. The topological polar surface area (TPSA) is 6.48 Å². The van der Waals surface area contributed by atoms with Gasteiger partial charge in [-0.05, 0) is 126 Å². The van der Waals surface area contributed by atoms with Crippen LogP contribution in [-0.4, -0.2) is 0 Å². The molecule has 4 aliphatic rings. The van der Waals surface area contributed by atoms with Gasteiger partial charge >= 0.3 is 0 Å². The molecule has 2 spiro atoms. The minimum atomic E-state index is -0.607. The summed E-state index contributed by atoms with van der Waals surface area (Å²) in [7, 11) is 0. The highest BCUT2D eigenvalue weighted by Crippen LogP contribution is 2.68. The van der Waals surface area contributed by atoms with E-state index in [-0.39, 0.29) is 0 Å². The number of benzene rings is 11. The zero-order valence-corrected chi connectivity index (χ0v) is 38.3. The lowest BCUT2D eigenvalue weighted by Crippen LogP contribution is -2.36. The lowest BCUT2D eigenvalue weighted by atomic mass is 9.64. The lowest BCUT2D eigenvalue weighted by molar-refractivity contribution is 0.752. The largest absolute Gasteiger partial charge is 0.310 e. The fourth-order valence-electron chi connectivity index (χ4n) is 13.4. The van der Waals surface area contributed by atoms with Crippen LogP contribution in [0.5, 0.6) is 0 Å². The van der Waals surface area contributed by atoms with Gasteiger partial charge in [0.25, 0.3) is 0 Å². The highest BCUT2D eigenvalue weighted by Gasteiger charge is 2.54. The summed E-state index contributed by atoms with van der Waals surface area (Å²) in [6, 6.07) is 99.8. The number of rotatable bonds is 5. The van der Waals surface area contributed by atoms with Crippen LogP contribution in [0.4, 0.5) is 34.1 Å². The Bertz CT molecular complexity index is 3830. The quantitative estimate of drug-likeness (QED) is 0.170. The van der Waals surface area contributed by atoms with Crippen molar-refractivity contribution < 1.29 is 0 Å². The summed E-state index contributed by atoms with van der Waals surface area (Å²) in [5, 5.41) is 0. The van der Waals surface area contributed by atoms with Gasteiger partial charge in [-0.1, -0.05) is 218 Å². The third-order valence-electron chi connectivity index (χ3n) is 15.9. The molecule has 0 atom stereocenters. The van der Waals surface area contributed by atoms with E-state index in [4.69, 9.17) is 0 Å². The van der Waals surface area contributed by atoms with Crippen molar-refractivity contribution in [3.05, 3.63) is 311 Å². The smallest absolute Gasteiger partial charge is 0.0755 e. The summed E-state index contributed by atoms with van der Waals surface area (Å²) in [6.07, 6.45) is 0. The molecule has 0 radical (unpaired) electrons. The first-order chi connectivity index (χ1) is 34.8. The number of para-hydroxylation sites is 3. The van der Waals surface area contributed by atoms with Gasteiger partial charge in [0.2, 0.25) is 0 Å². The van der Waals surface area contributed by atoms with Crippen molar-refractivity contribution in [2.45, 2.75) is 10.8 Å². The molecule has 3 aliphatic carbocycles. The molecule has 326 valence electrons. The summed E-state index contributed by atoms with van der Waals surface area (Å²) in [4.78, 5) is 5.06. The van der Waals surface area contributed by atoms with E-state index < -0.39 is 10.8 Å². The molecule has 15 rings (SSSR count). The predicted molar refractivity (Wildman–Crippen MR) is 288 cm³/mol. The molecule has 0 amide bonds. The van der Waals surface area contributed by atoms with Crippen molar-refractivity contribution >= 4 is 34.1 Å². The van der Waals surface area contributed by atoms with Crippen LogP contribution in [-0.2, 0) is 10.8 Å². The maximum atomic E-state index is 2.60. The van der Waals surface area contributed by atoms with E-state index in [2.05, 4.69) is 277 Å². The van der Waals surface area contributed by atoms with Gasteiger partial charge in [-0.25, -0.2) is 0 Å². The standard InChI is InChI=1S/C68H44N2/c1-3-22-45(23-4-1)46-24-19-27-48(44-46)70(63-42-20-38-59-65(63)51-30-9-13-34-55(51)67(59)53-32-11-7-28-49(53)50-29-8-12-33-54(50)67)64-43-21-39-60-66(64)52-31-10-14-35-56(52)68(60)57-36-15-17-40-61(57)69(47-25-5-2-6-26-47)62-41-18-16-37-58(62)68/h1-44H. The van der Waals surface area contributed by atoms with Gasteiger partial charge in [0.05, 0.1) is 33.6 Å². The van der Waals surface area contributed by atoms with Crippen molar-refractivity contribution in [2.24, 2.45) is 0 Å². The molecule has 0 saturated carbocycles. The molecule has 0 unspecified atom stereocenters. The van der Waals surface area contributed by atoms with Crippen LogP contribution in [0.3, 0.4) is 0 Å². The highest BCUT2D eigenvalue weighted by atomic mass is 15.2. The Labute approximate surface area is 408 Å². The van der Waals surface area contributed by atoms with Crippen molar-refractivity contribution in [1.82, 2.24) is 0 Å². The first-order valence-electron chi connectivity index (χ1n) is 24.4. The molecular weight excluding hydrogens is 845 g/mol. The van der Waals surface area contributed by atoms with Crippen LogP contribution in [0.2, 0.25) is 0 Å². The molecule has 0 fully saturated rings. The Kier molecular flexibility index (Phi) is 8.24. The second-order valence-electron chi connectivity index (χ2n) is 19.0. The van der Waals surface area contributed by atoms with Crippen molar-refractivity contribution in [1.29, 1.82) is 0 Å². The van der Waals surface area contributed by atoms with E-state index in [1.54, 1.807) is 0 Å². The number of hydrogen-bond acceptors (Lipinski definition) is 2. The van der Waals surface area contributed by atoms with E-state index in [9.17, 15) is 0 Å². The van der Waals surface area contributed by atoms with Crippen molar-refractivity contribution in [3.63, 3.8) is 0 Å². The molecule has 0 aromatic heterocycles. The van der Waals surface area contributed by atoms with Crippen LogP contribution in [0, 0.1) is 0 Å². The van der Waals surface area contributed by atoms with Gasteiger partial charge in [-0.15, -0.1) is 0 Å². The molecule has 11 aromatic rings. The Balaban J connectivity index is 1.05. The molecule has 1 aliphatic heterocycles. The van der Waals surface area contributed by atoms with Gasteiger partial charge in [0.1, 0.15) is 0 Å². The maximum absolute atomic E-state index is 2.60. The average Bonchev–Trinajstić information content (AvgIpc) is 4.03. The fourth-order valence-corrected chi connectivity index (χ4v) is 13.4.